The average Bonchev–Trinajstić information content (AvgIpc) is 2.89. The molecule has 0 saturated heterocycles. The molecule has 0 amide bonds. The summed E-state index contributed by atoms with van der Waals surface area (Å²) in [6, 6.07) is 5.22. The van der Waals surface area contributed by atoms with Crippen LogP contribution >= 0.6 is 11.3 Å². The van der Waals surface area contributed by atoms with E-state index in [1.54, 1.807) is 0 Å². The van der Waals surface area contributed by atoms with Crippen molar-refractivity contribution in [2.75, 3.05) is 11.9 Å². The summed E-state index contributed by atoms with van der Waals surface area (Å²) in [6.45, 7) is 4.89. The van der Waals surface area contributed by atoms with Crippen LogP contribution in [-0.4, -0.2) is 27.6 Å². The largest absolute Gasteiger partial charge is 0.477 e. The quantitative estimate of drug-likeness (QED) is 0.878. The molecule has 2 aromatic heterocycles. The molecule has 0 aromatic carbocycles. The molecule has 0 aliphatic heterocycles. The molecule has 19 heavy (non-hydrogen) atoms. The van der Waals surface area contributed by atoms with Gasteiger partial charge in [0, 0.05) is 12.6 Å². The van der Waals surface area contributed by atoms with Crippen LogP contribution in [-0.2, 0) is 0 Å². The topological polar surface area (TPSA) is 75.1 Å². The van der Waals surface area contributed by atoms with E-state index in [4.69, 9.17) is 5.11 Å². The lowest BCUT2D eigenvalue weighted by atomic mass is 10.2. The minimum Gasteiger partial charge on any atom is -0.477 e. The average molecular weight is 277 g/mol. The van der Waals surface area contributed by atoms with Gasteiger partial charge in [-0.1, -0.05) is 19.9 Å². The van der Waals surface area contributed by atoms with Crippen LogP contribution in [0.1, 0.15) is 24.3 Å². The van der Waals surface area contributed by atoms with E-state index in [1.807, 2.05) is 17.5 Å². The first-order chi connectivity index (χ1) is 9.06. The molecule has 2 rings (SSSR count). The summed E-state index contributed by atoms with van der Waals surface area (Å²) in [5.41, 5.74) is 0.00431. The fourth-order valence-electron chi connectivity index (χ4n) is 1.47. The zero-order valence-corrected chi connectivity index (χ0v) is 11.6. The van der Waals surface area contributed by atoms with E-state index in [2.05, 4.69) is 29.1 Å². The van der Waals surface area contributed by atoms with Crippen molar-refractivity contribution in [3.05, 3.63) is 29.3 Å². The molecular weight excluding hydrogens is 262 g/mol. The summed E-state index contributed by atoms with van der Waals surface area (Å²) in [7, 11) is 0. The Bertz CT molecular complexity index is 567. The summed E-state index contributed by atoms with van der Waals surface area (Å²) >= 11 is 1.48. The van der Waals surface area contributed by atoms with Crippen LogP contribution in [0.15, 0.2) is 23.6 Å². The highest BCUT2D eigenvalue weighted by molar-refractivity contribution is 7.13. The summed E-state index contributed by atoms with van der Waals surface area (Å²) in [5.74, 6) is 0.395. The molecule has 5 nitrogen and oxygen atoms in total. The van der Waals surface area contributed by atoms with Crippen molar-refractivity contribution in [1.82, 2.24) is 9.97 Å². The lowest BCUT2D eigenvalue weighted by Crippen LogP contribution is -2.12. The first kappa shape index (κ1) is 13.5. The third-order valence-corrected chi connectivity index (χ3v) is 3.24. The Balaban J connectivity index is 2.35. The van der Waals surface area contributed by atoms with Crippen LogP contribution in [0.4, 0.5) is 5.82 Å². The van der Waals surface area contributed by atoms with Gasteiger partial charge in [-0.3, -0.25) is 0 Å². The summed E-state index contributed by atoms with van der Waals surface area (Å²) in [5, 5.41) is 14.1. The van der Waals surface area contributed by atoms with Gasteiger partial charge >= 0.3 is 5.97 Å². The molecule has 0 radical (unpaired) electrons. The maximum atomic E-state index is 11.1. The Labute approximate surface area is 115 Å². The SMILES string of the molecule is CC(C)CNc1cc(C(=O)O)nc(-c2cccs2)n1. The molecule has 6 heteroatoms. The number of nitrogens with one attached hydrogen (secondary N) is 1. The zero-order valence-electron chi connectivity index (χ0n) is 10.8. The number of aromatic carboxylic acids is 1. The predicted octanol–water partition coefficient (Wildman–Crippen LogP) is 2.97. The van der Waals surface area contributed by atoms with E-state index in [1.165, 1.54) is 17.4 Å². The van der Waals surface area contributed by atoms with E-state index in [9.17, 15) is 4.79 Å². The van der Waals surface area contributed by atoms with Gasteiger partial charge in [-0.25, -0.2) is 14.8 Å². The highest BCUT2D eigenvalue weighted by Crippen LogP contribution is 2.23. The van der Waals surface area contributed by atoms with Gasteiger partial charge in [0.1, 0.15) is 5.82 Å². The predicted molar refractivity (Wildman–Crippen MR) is 75.6 cm³/mol. The Morgan fingerprint density at radius 2 is 2.26 bits per heavy atom. The maximum Gasteiger partial charge on any atom is 0.354 e. The summed E-state index contributed by atoms with van der Waals surface area (Å²) < 4.78 is 0. The van der Waals surface area contributed by atoms with Crippen molar-refractivity contribution in [3.63, 3.8) is 0 Å². The molecule has 0 aliphatic carbocycles. The standard InChI is InChI=1S/C13H15N3O2S/c1-8(2)7-14-11-6-9(13(17)18)15-12(16-11)10-4-3-5-19-10/h3-6,8H,7H2,1-2H3,(H,17,18)(H,14,15,16). The number of hydrogen-bond acceptors (Lipinski definition) is 5. The third kappa shape index (κ3) is 3.51. The van der Waals surface area contributed by atoms with E-state index in [0.29, 0.717) is 17.6 Å². The van der Waals surface area contributed by atoms with Gasteiger partial charge in [-0.2, -0.15) is 0 Å². The van der Waals surface area contributed by atoms with Crippen LogP contribution in [0.2, 0.25) is 0 Å². The highest BCUT2D eigenvalue weighted by atomic mass is 32.1. The molecule has 0 fully saturated rings. The van der Waals surface area contributed by atoms with Crippen molar-refractivity contribution < 1.29 is 9.90 Å². The first-order valence-corrected chi connectivity index (χ1v) is 6.84. The minimum atomic E-state index is -1.05. The first-order valence-electron chi connectivity index (χ1n) is 5.96. The van der Waals surface area contributed by atoms with Crippen LogP contribution in [0.25, 0.3) is 10.7 Å². The normalized spacial score (nSPS) is 10.7. The number of anilines is 1. The van der Waals surface area contributed by atoms with Crippen LogP contribution in [0.3, 0.4) is 0 Å². The molecule has 0 aliphatic rings. The molecular formula is C13H15N3O2S. The van der Waals surface area contributed by atoms with Gasteiger partial charge in [-0.15, -0.1) is 11.3 Å². The molecule has 0 saturated carbocycles. The monoisotopic (exact) mass is 277 g/mol. The molecule has 0 bridgehead atoms. The number of aromatic nitrogens is 2. The van der Waals surface area contributed by atoms with Crippen LogP contribution in [0.5, 0.6) is 0 Å². The van der Waals surface area contributed by atoms with Crippen molar-refractivity contribution in [2.45, 2.75) is 13.8 Å². The van der Waals surface area contributed by atoms with Crippen molar-refractivity contribution in [2.24, 2.45) is 5.92 Å². The van der Waals surface area contributed by atoms with E-state index >= 15 is 0 Å². The van der Waals surface area contributed by atoms with E-state index < -0.39 is 5.97 Å². The molecule has 2 N–H and O–H groups in total. The third-order valence-electron chi connectivity index (χ3n) is 2.38. The molecule has 0 spiro atoms. The van der Waals surface area contributed by atoms with Crippen molar-refractivity contribution in [1.29, 1.82) is 0 Å². The number of carboxylic acid groups (broad SMARTS) is 1. The number of carboxylic acids is 1. The second-order valence-electron chi connectivity index (χ2n) is 4.52. The van der Waals surface area contributed by atoms with Crippen molar-refractivity contribution in [3.8, 4) is 10.7 Å². The fourth-order valence-corrected chi connectivity index (χ4v) is 2.13. The number of rotatable bonds is 5. The van der Waals surface area contributed by atoms with Gasteiger partial charge in [0.2, 0.25) is 0 Å². The van der Waals surface area contributed by atoms with Gasteiger partial charge in [0.05, 0.1) is 4.88 Å². The Kier molecular flexibility index (Phi) is 4.11. The molecule has 2 heterocycles. The molecule has 100 valence electrons. The number of nitrogens with zero attached hydrogens (tertiary/aromatic N) is 2. The smallest absolute Gasteiger partial charge is 0.354 e. The molecule has 0 atom stereocenters. The van der Waals surface area contributed by atoms with Crippen LogP contribution < -0.4 is 5.32 Å². The Hall–Kier alpha value is -1.95. The highest BCUT2D eigenvalue weighted by Gasteiger charge is 2.12. The lowest BCUT2D eigenvalue weighted by molar-refractivity contribution is 0.0690. The minimum absolute atomic E-state index is 0.00431. The van der Waals surface area contributed by atoms with Crippen molar-refractivity contribution >= 4 is 23.1 Å². The van der Waals surface area contributed by atoms with E-state index in [0.717, 1.165) is 11.4 Å². The van der Waals surface area contributed by atoms with Crippen LogP contribution in [0, 0.1) is 5.92 Å². The van der Waals surface area contributed by atoms with Gasteiger partial charge in [0.25, 0.3) is 0 Å². The Morgan fingerprint density at radius 3 is 2.84 bits per heavy atom. The van der Waals surface area contributed by atoms with E-state index in [-0.39, 0.29) is 5.69 Å². The lowest BCUT2D eigenvalue weighted by Gasteiger charge is -2.09. The second kappa shape index (κ2) is 5.79. The molecule has 2 aromatic rings. The summed E-state index contributed by atoms with van der Waals surface area (Å²) in [4.78, 5) is 20.4. The fraction of sp³-hybridized carbons (Fsp3) is 0.308. The second-order valence-corrected chi connectivity index (χ2v) is 5.47. The number of hydrogen-bond donors (Lipinski definition) is 2. The Morgan fingerprint density at radius 1 is 1.47 bits per heavy atom. The number of carbonyl (C=O) groups is 1. The molecule has 0 unspecified atom stereocenters. The van der Waals surface area contributed by atoms with Gasteiger partial charge < -0.3 is 10.4 Å². The summed E-state index contributed by atoms with van der Waals surface area (Å²) in [6.07, 6.45) is 0. The maximum absolute atomic E-state index is 11.1. The zero-order chi connectivity index (χ0) is 13.8. The van der Waals surface area contributed by atoms with Gasteiger partial charge in [-0.05, 0) is 17.4 Å². The number of thiophene rings is 1. The van der Waals surface area contributed by atoms with Gasteiger partial charge in [0.15, 0.2) is 11.5 Å².